The summed E-state index contributed by atoms with van der Waals surface area (Å²) in [5.74, 6) is 0. The summed E-state index contributed by atoms with van der Waals surface area (Å²) in [6.45, 7) is 0. The Bertz CT molecular complexity index is 3150. The largest absolute Gasteiger partial charge is 0.307 e. The number of rotatable bonds is 6. The fourth-order valence-corrected chi connectivity index (χ4v) is 8.51. The summed E-state index contributed by atoms with van der Waals surface area (Å²) in [6, 6.07) is 76.2. The molecule has 0 saturated carbocycles. The summed E-state index contributed by atoms with van der Waals surface area (Å²) in [5, 5.41) is 4.92. The zero-order valence-electron chi connectivity index (χ0n) is 30.5. The number of pyridine rings is 1. The minimum atomic E-state index is 0.953. The van der Waals surface area contributed by atoms with Crippen molar-refractivity contribution in [1.82, 2.24) is 14.1 Å². The quantitative estimate of drug-likeness (QED) is 0.168. The summed E-state index contributed by atoms with van der Waals surface area (Å²) in [7, 11) is 0. The van der Waals surface area contributed by atoms with Crippen LogP contribution in [0, 0.1) is 0 Å². The Morgan fingerprint density at radius 3 is 1.27 bits per heavy atom. The van der Waals surface area contributed by atoms with E-state index < -0.39 is 0 Å². The van der Waals surface area contributed by atoms with E-state index in [2.05, 4.69) is 221 Å². The zero-order valence-corrected chi connectivity index (χ0v) is 30.5. The highest BCUT2D eigenvalue weighted by molar-refractivity contribution is 6.23. The molecule has 262 valence electrons. The predicted molar refractivity (Wildman–Crippen MR) is 235 cm³/mol. The summed E-state index contributed by atoms with van der Waals surface area (Å²) in [5.41, 5.74) is 15.7. The van der Waals surface area contributed by atoms with E-state index in [0.717, 1.165) is 45.0 Å². The van der Waals surface area contributed by atoms with Gasteiger partial charge in [-0.25, -0.2) is 4.98 Å². The van der Waals surface area contributed by atoms with Crippen LogP contribution in [-0.2, 0) is 0 Å². The van der Waals surface area contributed by atoms with Crippen molar-refractivity contribution in [3.63, 3.8) is 0 Å². The number of benzene rings is 8. The van der Waals surface area contributed by atoms with Gasteiger partial charge in [0.05, 0.1) is 33.5 Å². The summed E-state index contributed by atoms with van der Waals surface area (Å²) < 4.78 is 4.93. The standard InChI is InChI=1S/C53H35N3/c1-4-15-36(16-5-1)37-27-29-42(30-28-37)55-50-25-12-10-23-44(50)46-31-32-47-45-24-11-13-26-51(45)56(53(47)52(46)55)43-22-14-21-40(33-43)41-34-48(38-17-6-2-7-18-38)54-49(35-41)39-19-8-3-9-20-39/h1-35H. The second-order valence-electron chi connectivity index (χ2n) is 14.4. The average molecular weight is 714 g/mol. The normalized spacial score (nSPS) is 11.6. The molecule has 0 aliphatic carbocycles. The molecular weight excluding hydrogens is 679 g/mol. The number of hydrogen-bond acceptors (Lipinski definition) is 1. The number of para-hydroxylation sites is 2. The van der Waals surface area contributed by atoms with Crippen LogP contribution in [0.2, 0.25) is 0 Å². The Morgan fingerprint density at radius 2 is 0.714 bits per heavy atom. The summed E-state index contributed by atoms with van der Waals surface area (Å²) >= 11 is 0. The van der Waals surface area contributed by atoms with Gasteiger partial charge in [-0.2, -0.15) is 0 Å². The lowest BCUT2D eigenvalue weighted by molar-refractivity contribution is 1.15. The molecule has 0 amide bonds. The highest BCUT2D eigenvalue weighted by atomic mass is 15.0. The topological polar surface area (TPSA) is 22.8 Å². The third-order valence-corrected chi connectivity index (χ3v) is 11.1. The van der Waals surface area contributed by atoms with E-state index in [1.165, 1.54) is 54.7 Å². The third kappa shape index (κ3) is 5.25. The zero-order chi connectivity index (χ0) is 37.0. The molecule has 8 aromatic carbocycles. The van der Waals surface area contributed by atoms with Crippen LogP contribution in [0.15, 0.2) is 212 Å². The molecule has 0 N–H and O–H groups in total. The first kappa shape index (κ1) is 32.0. The number of fused-ring (bicyclic) bond motifs is 7. The molecule has 0 unspecified atom stereocenters. The molecule has 56 heavy (non-hydrogen) atoms. The monoisotopic (exact) mass is 713 g/mol. The first-order valence-corrected chi connectivity index (χ1v) is 19.1. The highest BCUT2D eigenvalue weighted by Crippen LogP contribution is 2.42. The molecular formula is C53H35N3. The van der Waals surface area contributed by atoms with E-state index in [1.807, 2.05) is 0 Å². The van der Waals surface area contributed by atoms with Crippen LogP contribution >= 0.6 is 0 Å². The van der Waals surface area contributed by atoms with Crippen molar-refractivity contribution >= 4 is 43.6 Å². The Morgan fingerprint density at radius 1 is 0.268 bits per heavy atom. The van der Waals surface area contributed by atoms with Gasteiger partial charge in [0.1, 0.15) is 0 Å². The van der Waals surface area contributed by atoms with E-state index in [4.69, 9.17) is 4.98 Å². The van der Waals surface area contributed by atoms with Gasteiger partial charge in [-0.15, -0.1) is 0 Å². The second kappa shape index (κ2) is 13.1. The Hall–Kier alpha value is -7.49. The van der Waals surface area contributed by atoms with Crippen molar-refractivity contribution < 1.29 is 0 Å². The van der Waals surface area contributed by atoms with Gasteiger partial charge >= 0.3 is 0 Å². The van der Waals surface area contributed by atoms with Gasteiger partial charge in [-0.05, 0) is 70.8 Å². The minimum Gasteiger partial charge on any atom is -0.307 e. The maximum absolute atomic E-state index is 5.16. The van der Waals surface area contributed by atoms with E-state index in [-0.39, 0.29) is 0 Å². The fraction of sp³-hybridized carbons (Fsp3) is 0. The molecule has 0 aliphatic rings. The Balaban J connectivity index is 1.17. The fourth-order valence-electron chi connectivity index (χ4n) is 8.51. The van der Waals surface area contributed by atoms with Crippen molar-refractivity contribution in [2.45, 2.75) is 0 Å². The van der Waals surface area contributed by atoms with Crippen LogP contribution in [0.3, 0.4) is 0 Å². The molecule has 0 spiro atoms. The summed E-state index contributed by atoms with van der Waals surface area (Å²) in [4.78, 5) is 5.16. The maximum Gasteiger partial charge on any atom is 0.0788 e. The molecule has 0 bridgehead atoms. The molecule has 0 saturated heterocycles. The molecule has 11 aromatic rings. The lowest BCUT2D eigenvalue weighted by Gasteiger charge is -2.15. The molecule has 3 heterocycles. The van der Waals surface area contributed by atoms with Gasteiger partial charge in [0, 0.05) is 44.0 Å². The molecule has 3 heteroatoms. The van der Waals surface area contributed by atoms with Crippen LogP contribution in [0.25, 0.3) is 99.8 Å². The molecule has 0 fully saturated rings. The number of aromatic nitrogens is 3. The van der Waals surface area contributed by atoms with Gasteiger partial charge in [-0.3, -0.25) is 0 Å². The minimum absolute atomic E-state index is 0.953. The molecule has 0 atom stereocenters. The molecule has 0 aliphatic heterocycles. The van der Waals surface area contributed by atoms with Gasteiger partial charge in [0.15, 0.2) is 0 Å². The van der Waals surface area contributed by atoms with Crippen LogP contribution in [0.5, 0.6) is 0 Å². The van der Waals surface area contributed by atoms with Crippen LogP contribution in [0.4, 0.5) is 0 Å². The van der Waals surface area contributed by atoms with Crippen LogP contribution in [0.1, 0.15) is 0 Å². The van der Waals surface area contributed by atoms with Gasteiger partial charge in [0.25, 0.3) is 0 Å². The van der Waals surface area contributed by atoms with Gasteiger partial charge < -0.3 is 9.13 Å². The smallest absolute Gasteiger partial charge is 0.0788 e. The van der Waals surface area contributed by atoms with E-state index >= 15 is 0 Å². The van der Waals surface area contributed by atoms with E-state index in [0.29, 0.717) is 0 Å². The lowest BCUT2D eigenvalue weighted by Crippen LogP contribution is -1.99. The second-order valence-corrected chi connectivity index (χ2v) is 14.4. The maximum atomic E-state index is 5.16. The molecule has 11 rings (SSSR count). The summed E-state index contributed by atoms with van der Waals surface area (Å²) in [6.07, 6.45) is 0. The van der Waals surface area contributed by atoms with Crippen molar-refractivity contribution in [1.29, 1.82) is 0 Å². The molecule has 3 aromatic heterocycles. The van der Waals surface area contributed by atoms with Crippen molar-refractivity contribution in [2.24, 2.45) is 0 Å². The SMILES string of the molecule is c1ccc(-c2ccc(-n3c4ccccc4c4ccc5c6ccccc6n(-c6cccc(-c7cc(-c8ccccc8)nc(-c8ccccc8)c7)c6)c5c43)cc2)cc1. The Kier molecular flexibility index (Phi) is 7.49. The highest BCUT2D eigenvalue weighted by Gasteiger charge is 2.21. The van der Waals surface area contributed by atoms with E-state index in [1.54, 1.807) is 0 Å². The first-order chi connectivity index (χ1) is 27.8. The van der Waals surface area contributed by atoms with Gasteiger partial charge in [0.2, 0.25) is 0 Å². The van der Waals surface area contributed by atoms with Crippen LogP contribution < -0.4 is 0 Å². The number of hydrogen-bond donors (Lipinski definition) is 0. The third-order valence-electron chi connectivity index (χ3n) is 11.1. The van der Waals surface area contributed by atoms with Crippen LogP contribution in [-0.4, -0.2) is 14.1 Å². The van der Waals surface area contributed by atoms with E-state index in [9.17, 15) is 0 Å². The van der Waals surface area contributed by atoms with Crippen molar-refractivity contribution in [3.8, 4) is 56.1 Å². The first-order valence-electron chi connectivity index (χ1n) is 19.1. The predicted octanol–water partition coefficient (Wildman–Crippen LogP) is 13.9. The average Bonchev–Trinajstić information content (AvgIpc) is 3.80. The Labute approximate surface area is 325 Å². The molecule has 3 nitrogen and oxygen atoms in total. The van der Waals surface area contributed by atoms with Gasteiger partial charge in [-0.1, -0.05) is 164 Å². The number of nitrogens with zero attached hydrogens (tertiary/aromatic N) is 3. The van der Waals surface area contributed by atoms with Crippen molar-refractivity contribution in [2.75, 3.05) is 0 Å². The lowest BCUT2D eigenvalue weighted by atomic mass is 9.99. The van der Waals surface area contributed by atoms with Crippen molar-refractivity contribution in [3.05, 3.63) is 212 Å². The molecule has 0 radical (unpaired) electrons.